The third-order valence-corrected chi connectivity index (χ3v) is 3.51. The molecule has 1 aromatic carbocycles. The molecule has 1 unspecified atom stereocenters. The van der Waals surface area contributed by atoms with Gasteiger partial charge in [-0.25, -0.2) is 9.67 Å². The number of benzene rings is 1. The van der Waals surface area contributed by atoms with E-state index < -0.39 is 6.10 Å². The second-order valence-electron chi connectivity index (χ2n) is 4.44. The first-order valence-electron chi connectivity index (χ1n) is 6.49. The topological polar surface area (TPSA) is 50.9 Å². The lowest BCUT2D eigenvalue weighted by molar-refractivity contribution is 0.199. The van der Waals surface area contributed by atoms with E-state index >= 15 is 0 Å². The fraction of sp³-hybridized carbons (Fsp3) is 0.429. The van der Waals surface area contributed by atoms with Crippen LogP contribution in [0.15, 0.2) is 22.7 Å². The highest BCUT2D eigenvalue weighted by Gasteiger charge is 2.15. The monoisotopic (exact) mass is 323 g/mol. The molecule has 0 fully saturated rings. The Morgan fingerprint density at radius 2 is 2.05 bits per heavy atom. The molecule has 0 radical (unpaired) electrons. The summed E-state index contributed by atoms with van der Waals surface area (Å²) in [4.78, 5) is 4.51. The Labute approximate surface area is 121 Å². The highest BCUT2D eigenvalue weighted by Crippen LogP contribution is 2.26. The van der Waals surface area contributed by atoms with Gasteiger partial charge in [0.05, 0.1) is 11.8 Å². The molecule has 0 aliphatic carbocycles. The van der Waals surface area contributed by atoms with Crippen molar-refractivity contribution in [1.29, 1.82) is 0 Å². The number of halogens is 1. The summed E-state index contributed by atoms with van der Waals surface area (Å²) >= 11 is 3.47. The zero-order valence-electron chi connectivity index (χ0n) is 11.4. The van der Waals surface area contributed by atoms with E-state index in [9.17, 15) is 5.11 Å². The third kappa shape index (κ3) is 2.87. The Morgan fingerprint density at radius 3 is 2.63 bits per heavy atom. The van der Waals surface area contributed by atoms with Gasteiger partial charge >= 0.3 is 0 Å². The summed E-state index contributed by atoms with van der Waals surface area (Å²) in [7, 11) is 0. The predicted molar refractivity (Wildman–Crippen MR) is 78.4 cm³/mol. The van der Waals surface area contributed by atoms with Crippen molar-refractivity contribution in [1.82, 2.24) is 14.8 Å². The molecule has 5 heteroatoms. The van der Waals surface area contributed by atoms with Crippen molar-refractivity contribution in [3.63, 3.8) is 0 Å². The summed E-state index contributed by atoms with van der Waals surface area (Å²) in [6, 6.07) is 5.81. The minimum absolute atomic E-state index is 0.540. The average Bonchev–Trinajstić information content (AvgIpc) is 2.81. The van der Waals surface area contributed by atoms with Crippen LogP contribution in [0.1, 0.15) is 44.1 Å². The second-order valence-corrected chi connectivity index (χ2v) is 5.36. The molecule has 0 aliphatic heterocycles. The molecule has 0 saturated heterocycles. The Balaban J connectivity index is 2.63. The van der Waals surface area contributed by atoms with E-state index in [4.69, 9.17) is 0 Å². The van der Waals surface area contributed by atoms with Crippen LogP contribution in [0.4, 0.5) is 0 Å². The van der Waals surface area contributed by atoms with Gasteiger partial charge in [-0.2, -0.15) is 5.10 Å². The van der Waals surface area contributed by atoms with Crippen LogP contribution in [-0.2, 0) is 12.8 Å². The number of aliphatic hydroxyl groups excluding tert-OH is 1. The van der Waals surface area contributed by atoms with Gasteiger partial charge in [0.15, 0.2) is 5.82 Å². The maximum absolute atomic E-state index is 9.91. The summed E-state index contributed by atoms with van der Waals surface area (Å²) in [5.41, 5.74) is 1.74. The smallest absolute Gasteiger partial charge is 0.151 e. The molecule has 1 heterocycles. The van der Waals surface area contributed by atoms with Crippen molar-refractivity contribution in [3.8, 4) is 5.69 Å². The Hall–Kier alpha value is -1.20. The maximum Gasteiger partial charge on any atom is 0.151 e. The van der Waals surface area contributed by atoms with Crippen molar-refractivity contribution in [2.75, 3.05) is 0 Å². The predicted octanol–water partition coefficient (Wildman–Crippen LogP) is 3.21. The average molecular weight is 324 g/mol. The molecule has 2 rings (SSSR count). The number of aryl methyl sites for hydroxylation is 2. The largest absolute Gasteiger partial charge is 0.389 e. The van der Waals surface area contributed by atoms with Gasteiger partial charge in [-0.05, 0) is 19.1 Å². The van der Waals surface area contributed by atoms with E-state index in [-0.39, 0.29) is 0 Å². The van der Waals surface area contributed by atoms with E-state index in [1.54, 1.807) is 6.92 Å². The van der Waals surface area contributed by atoms with Gasteiger partial charge in [-0.15, -0.1) is 0 Å². The Bertz CT molecular complexity index is 578. The summed E-state index contributed by atoms with van der Waals surface area (Å²) in [6.45, 7) is 5.85. The molecule has 102 valence electrons. The molecule has 1 N–H and O–H groups in total. The molecule has 0 saturated carbocycles. The summed E-state index contributed by atoms with van der Waals surface area (Å²) in [5, 5.41) is 14.4. The number of hydrogen-bond acceptors (Lipinski definition) is 3. The highest BCUT2D eigenvalue weighted by molar-refractivity contribution is 9.10. The zero-order chi connectivity index (χ0) is 14.0. The normalized spacial score (nSPS) is 12.7. The van der Waals surface area contributed by atoms with Crippen molar-refractivity contribution < 1.29 is 5.11 Å². The highest BCUT2D eigenvalue weighted by atomic mass is 79.9. The fourth-order valence-electron chi connectivity index (χ4n) is 2.02. The Kier molecular flexibility index (Phi) is 4.37. The minimum atomic E-state index is -0.540. The number of rotatable bonds is 4. The Morgan fingerprint density at radius 1 is 1.32 bits per heavy atom. The molecule has 0 aliphatic rings. The van der Waals surface area contributed by atoms with Crippen molar-refractivity contribution >= 4 is 15.9 Å². The SMILES string of the molecule is CCc1nc(CC)n(-c2cc(Br)ccc2C(C)O)n1. The van der Waals surface area contributed by atoms with Crippen LogP contribution < -0.4 is 0 Å². The van der Waals surface area contributed by atoms with E-state index in [0.717, 1.165) is 40.2 Å². The van der Waals surface area contributed by atoms with Gasteiger partial charge in [0.25, 0.3) is 0 Å². The van der Waals surface area contributed by atoms with Crippen LogP contribution in [-0.4, -0.2) is 19.9 Å². The lowest BCUT2D eigenvalue weighted by atomic mass is 10.1. The van der Waals surface area contributed by atoms with Crippen LogP contribution in [0.2, 0.25) is 0 Å². The maximum atomic E-state index is 9.91. The zero-order valence-corrected chi connectivity index (χ0v) is 13.0. The van der Waals surface area contributed by atoms with Crippen molar-refractivity contribution in [3.05, 3.63) is 39.9 Å². The third-order valence-electron chi connectivity index (χ3n) is 3.02. The van der Waals surface area contributed by atoms with Crippen LogP contribution in [0.25, 0.3) is 5.69 Å². The quantitative estimate of drug-likeness (QED) is 0.939. The van der Waals surface area contributed by atoms with E-state index in [1.807, 2.05) is 29.8 Å². The summed E-state index contributed by atoms with van der Waals surface area (Å²) in [5.74, 6) is 1.74. The standard InChI is InChI=1S/C14H18BrN3O/c1-4-13-16-14(5-2)18(17-13)12-8-10(15)6-7-11(12)9(3)19/h6-9,19H,4-5H2,1-3H3. The lowest BCUT2D eigenvalue weighted by Gasteiger charge is -2.13. The van der Waals surface area contributed by atoms with Crippen LogP contribution in [0.3, 0.4) is 0 Å². The summed E-state index contributed by atoms with van der Waals surface area (Å²) < 4.78 is 2.80. The lowest BCUT2D eigenvalue weighted by Crippen LogP contribution is -2.07. The molecule has 0 spiro atoms. The first-order valence-corrected chi connectivity index (χ1v) is 7.28. The molecule has 0 amide bonds. The van der Waals surface area contributed by atoms with Gasteiger partial charge in [-0.1, -0.05) is 35.8 Å². The first kappa shape index (κ1) is 14.2. The number of nitrogens with zero attached hydrogens (tertiary/aromatic N) is 3. The molecule has 4 nitrogen and oxygen atoms in total. The molecular formula is C14H18BrN3O. The first-order chi connectivity index (χ1) is 9.06. The number of aromatic nitrogens is 3. The van der Waals surface area contributed by atoms with Crippen molar-refractivity contribution in [2.45, 2.75) is 39.7 Å². The fourth-order valence-corrected chi connectivity index (χ4v) is 2.37. The number of hydrogen-bond donors (Lipinski definition) is 1. The van der Waals surface area contributed by atoms with Gasteiger partial charge in [0.2, 0.25) is 0 Å². The molecule has 19 heavy (non-hydrogen) atoms. The molecule has 1 atom stereocenters. The van der Waals surface area contributed by atoms with E-state index in [1.165, 1.54) is 0 Å². The van der Waals surface area contributed by atoms with Crippen LogP contribution >= 0.6 is 15.9 Å². The van der Waals surface area contributed by atoms with Gasteiger partial charge < -0.3 is 5.11 Å². The molecular weight excluding hydrogens is 306 g/mol. The minimum Gasteiger partial charge on any atom is -0.389 e. The molecule has 1 aromatic heterocycles. The summed E-state index contributed by atoms with van der Waals surface area (Å²) in [6.07, 6.45) is 1.07. The second kappa shape index (κ2) is 5.84. The van der Waals surface area contributed by atoms with Gasteiger partial charge in [-0.3, -0.25) is 0 Å². The van der Waals surface area contributed by atoms with E-state index in [2.05, 4.69) is 32.9 Å². The molecule has 2 aromatic rings. The van der Waals surface area contributed by atoms with E-state index in [0.29, 0.717) is 0 Å². The van der Waals surface area contributed by atoms with Crippen molar-refractivity contribution in [2.24, 2.45) is 0 Å². The van der Waals surface area contributed by atoms with Gasteiger partial charge in [0.1, 0.15) is 5.82 Å². The number of aliphatic hydroxyl groups is 1. The van der Waals surface area contributed by atoms with Crippen LogP contribution in [0.5, 0.6) is 0 Å². The van der Waals surface area contributed by atoms with Gasteiger partial charge in [0, 0.05) is 22.9 Å². The van der Waals surface area contributed by atoms with Crippen LogP contribution in [0, 0.1) is 0 Å². The molecule has 0 bridgehead atoms.